The molecule has 0 spiro atoms. The number of anilines is 1. The van der Waals surface area contributed by atoms with Gasteiger partial charge in [-0.3, -0.25) is 4.79 Å². The van der Waals surface area contributed by atoms with Gasteiger partial charge in [-0.2, -0.15) is 5.10 Å². The van der Waals surface area contributed by atoms with Gasteiger partial charge in [-0.1, -0.05) is 20.3 Å². The largest absolute Gasteiger partial charge is 0.376 e. The second kappa shape index (κ2) is 7.70. The van der Waals surface area contributed by atoms with Crippen LogP contribution in [0.2, 0.25) is 0 Å². The number of nitrogens with one attached hydrogen (secondary N) is 1. The summed E-state index contributed by atoms with van der Waals surface area (Å²) in [5, 5.41) is 8.43. The highest BCUT2D eigenvalue weighted by molar-refractivity contribution is 9.10. The maximum Gasteiger partial charge on any atom is 0.283 e. The summed E-state index contributed by atoms with van der Waals surface area (Å²) in [7, 11) is 0. The highest BCUT2D eigenvalue weighted by atomic mass is 79.9. The van der Waals surface area contributed by atoms with Crippen LogP contribution in [-0.4, -0.2) is 14.8 Å². The van der Waals surface area contributed by atoms with Crippen LogP contribution in [0.15, 0.2) is 21.7 Å². The van der Waals surface area contributed by atoms with Crippen LogP contribution in [-0.2, 0) is 19.5 Å². The third-order valence-electron chi connectivity index (χ3n) is 3.09. The Balaban J connectivity index is 2.06. The van der Waals surface area contributed by atoms with Crippen LogP contribution in [0.1, 0.15) is 36.6 Å². The maximum absolute atomic E-state index is 12.2. The van der Waals surface area contributed by atoms with Crippen molar-refractivity contribution in [2.75, 3.05) is 5.32 Å². The Labute approximate surface area is 136 Å². The molecule has 0 aliphatic carbocycles. The summed E-state index contributed by atoms with van der Waals surface area (Å²) in [5.74, 6) is 0. The standard InChI is InChI=1S/C14H19BrN4OS/c1-3-5-6-19-14(20)13(15)11(8-18-19)16-9-12-17-7-10(4-2)21-12/h7-8,16H,3-6,9H2,1-2H3. The average Bonchev–Trinajstić information content (AvgIpc) is 2.96. The lowest BCUT2D eigenvalue weighted by atomic mass is 10.3. The summed E-state index contributed by atoms with van der Waals surface area (Å²) in [5.41, 5.74) is 0.614. The molecule has 2 heterocycles. The maximum atomic E-state index is 12.2. The number of halogens is 1. The zero-order valence-electron chi connectivity index (χ0n) is 12.2. The van der Waals surface area contributed by atoms with Gasteiger partial charge in [-0.25, -0.2) is 9.67 Å². The lowest BCUT2D eigenvalue weighted by Gasteiger charge is -2.09. The van der Waals surface area contributed by atoms with Crippen molar-refractivity contribution in [1.29, 1.82) is 0 Å². The van der Waals surface area contributed by atoms with Gasteiger partial charge < -0.3 is 5.32 Å². The number of aromatic nitrogens is 3. The van der Waals surface area contributed by atoms with Crippen molar-refractivity contribution in [3.63, 3.8) is 0 Å². The van der Waals surface area contributed by atoms with Gasteiger partial charge >= 0.3 is 0 Å². The lowest BCUT2D eigenvalue weighted by molar-refractivity contribution is 0.541. The fraction of sp³-hybridized carbons (Fsp3) is 0.500. The van der Waals surface area contributed by atoms with E-state index >= 15 is 0 Å². The highest BCUT2D eigenvalue weighted by Gasteiger charge is 2.09. The van der Waals surface area contributed by atoms with Crippen molar-refractivity contribution in [2.24, 2.45) is 0 Å². The molecule has 2 aromatic rings. The molecular formula is C14H19BrN4OS. The Kier molecular flexibility index (Phi) is 5.93. The van der Waals surface area contributed by atoms with Gasteiger partial charge in [0.05, 0.1) is 18.4 Å². The van der Waals surface area contributed by atoms with Gasteiger partial charge in [0, 0.05) is 17.6 Å². The molecule has 0 atom stereocenters. The van der Waals surface area contributed by atoms with E-state index in [-0.39, 0.29) is 5.56 Å². The second-order valence-electron chi connectivity index (χ2n) is 4.68. The molecule has 0 aliphatic rings. The van der Waals surface area contributed by atoms with Crippen molar-refractivity contribution in [1.82, 2.24) is 14.8 Å². The molecule has 2 rings (SSSR count). The van der Waals surface area contributed by atoms with Crippen molar-refractivity contribution < 1.29 is 0 Å². The number of hydrogen-bond donors (Lipinski definition) is 1. The van der Waals surface area contributed by atoms with Crippen molar-refractivity contribution in [3.05, 3.63) is 37.1 Å². The quantitative estimate of drug-likeness (QED) is 0.810. The Morgan fingerprint density at radius 2 is 2.19 bits per heavy atom. The van der Waals surface area contributed by atoms with E-state index in [1.807, 2.05) is 6.20 Å². The molecule has 0 saturated carbocycles. The summed E-state index contributed by atoms with van der Waals surface area (Å²) in [6.45, 7) is 5.46. The fourth-order valence-corrected chi connectivity index (χ4v) is 3.07. The molecule has 0 aliphatic heterocycles. The van der Waals surface area contributed by atoms with Crippen LogP contribution in [0.5, 0.6) is 0 Å². The molecule has 0 bridgehead atoms. The number of unbranched alkanes of at least 4 members (excludes halogenated alkanes) is 1. The van der Waals surface area contributed by atoms with Crippen LogP contribution in [0.3, 0.4) is 0 Å². The molecule has 0 unspecified atom stereocenters. The first-order chi connectivity index (χ1) is 10.2. The normalized spacial score (nSPS) is 10.8. The molecule has 5 nitrogen and oxygen atoms in total. The van der Waals surface area contributed by atoms with Gasteiger partial charge in [0.25, 0.3) is 5.56 Å². The van der Waals surface area contributed by atoms with Crippen LogP contribution in [0.25, 0.3) is 0 Å². The third kappa shape index (κ3) is 4.14. The van der Waals surface area contributed by atoms with Crippen molar-refractivity contribution in [2.45, 2.75) is 46.2 Å². The first kappa shape index (κ1) is 16.2. The molecule has 7 heteroatoms. The Hall–Kier alpha value is -1.21. The number of nitrogens with zero attached hydrogens (tertiary/aromatic N) is 3. The minimum atomic E-state index is -0.0955. The van der Waals surface area contributed by atoms with E-state index < -0.39 is 0 Å². The van der Waals surface area contributed by atoms with Crippen LogP contribution < -0.4 is 10.9 Å². The van der Waals surface area contributed by atoms with E-state index in [2.05, 4.69) is 45.2 Å². The van der Waals surface area contributed by atoms with Crippen LogP contribution >= 0.6 is 27.3 Å². The Bertz CT molecular complexity index is 653. The van der Waals surface area contributed by atoms with Gasteiger partial charge in [-0.05, 0) is 28.8 Å². The van der Waals surface area contributed by atoms with Crippen molar-refractivity contribution in [3.8, 4) is 0 Å². The summed E-state index contributed by atoms with van der Waals surface area (Å²) >= 11 is 5.05. The summed E-state index contributed by atoms with van der Waals surface area (Å²) < 4.78 is 2.03. The number of aryl methyl sites for hydroxylation is 2. The minimum Gasteiger partial charge on any atom is -0.376 e. The smallest absolute Gasteiger partial charge is 0.283 e. The zero-order chi connectivity index (χ0) is 15.2. The van der Waals surface area contributed by atoms with Crippen LogP contribution in [0.4, 0.5) is 5.69 Å². The molecule has 0 aromatic carbocycles. The van der Waals surface area contributed by atoms with Gasteiger partial charge in [0.2, 0.25) is 0 Å². The monoisotopic (exact) mass is 370 g/mol. The SMILES string of the molecule is CCCCn1ncc(NCc2ncc(CC)s2)c(Br)c1=O. The predicted octanol–water partition coefficient (Wildman–Crippen LogP) is 3.44. The first-order valence-corrected chi connectivity index (χ1v) is 8.69. The average molecular weight is 371 g/mol. The molecule has 0 radical (unpaired) electrons. The summed E-state index contributed by atoms with van der Waals surface area (Å²) in [6.07, 6.45) is 6.57. The minimum absolute atomic E-state index is 0.0955. The molecule has 114 valence electrons. The van der Waals surface area contributed by atoms with E-state index in [1.54, 1.807) is 17.5 Å². The highest BCUT2D eigenvalue weighted by Crippen LogP contribution is 2.19. The van der Waals surface area contributed by atoms with E-state index in [0.717, 1.165) is 24.3 Å². The summed E-state index contributed by atoms with van der Waals surface area (Å²) in [4.78, 5) is 17.8. The molecule has 0 saturated heterocycles. The third-order valence-corrected chi connectivity index (χ3v) is 5.00. The number of rotatable bonds is 7. The molecule has 21 heavy (non-hydrogen) atoms. The second-order valence-corrected chi connectivity index (χ2v) is 6.67. The molecule has 2 aromatic heterocycles. The Morgan fingerprint density at radius 3 is 2.86 bits per heavy atom. The molecule has 0 amide bonds. The van der Waals surface area contributed by atoms with E-state index in [1.165, 1.54) is 9.56 Å². The zero-order valence-corrected chi connectivity index (χ0v) is 14.6. The van der Waals surface area contributed by atoms with E-state index in [9.17, 15) is 4.79 Å². The van der Waals surface area contributed by atoms with Gasteiger partial charge in [-0.15, -0.1) is 11.3 Å². The van der Waals surface area contributed by atoms with Gasteiger partial charge in [0.15, 0.2) is 0 Å². The van der Waals surface area contributed by atoms with Gasteiger partial charge in [0.1, 0.15) is 9.48 Å². The predicted molar refractivity (Wildman–Crippen MR) is 89.9 cm³/mol. The molecule has 1 N–H and O–H groups in total. The van der Waals surface area contributed by atoms with Crippen molar-refractivity contribution >= 4 is 33.0 Å². The topological polar surface area (TPSA) is 59.8 Å². The van der Waals surface area contributed by atoms with E-state index in [0.29, 0.717) is 23.2 Å². The number of hydrogen-bond acceptors (Lipinski definition) is 5. The number of thiazole rings is 1. The summed E-state index contributed by atoms with van der Waals surface area (Å²) in [6, 6.07) is 0. The molecular weight excluding hydrogens is 352 g/mol. The molecule has 0 fully saturated rings. The lowest BCUT2D eigenvalue weighted by Crippen LogP contribution is -2.24. The Morgan fingerprint density at radius 1 is 1.38 bits per heavy atom. The van der Waals surface area contributed by atoms with Crippen LogP contribution in [0, 0.1) is 0 Å². The first-order valence-electron chi connectivity index (χ1n) is 7.08. The van der Waals surface area contributed by atoms with E-state index in [4.69, 9.17) is 0 Å². The fourth-order valence-electron chi connectivity index (χ4n) is 1.82.